The van der Waals surface area contributed by atoms with E-state index >= 15 is 0 Å². The number of thiazole rings is 1. The predicted octanol–water partition coefficient (Wildman–Crippen LogP) is 3.24. The number of anilines is 1. The smallest absolute Gasteiger partial charge is 0.250 e. The predicted molar refractivity (Wildman–Crippen MR) is 88.9 cm³/mol. The summed E-state index contributed by atoms with van der Waals surface area (Å²) in [6.45, 7) is 0. The monoisotopic (exact) mass is 328 g/mol. The molecule has 0 saturated carbocycles. The maximum absolute atomic E-state index is 11.8. The molecule has 0 spiro atoms. The first-order chi connectivity index (χ1) is 10.8. The molecule has 0 fully saturated rings. The second-order valence-electron chi connectivity index (χ2n) is 4.40. The Morgan fingerprint density at radius 1 is 1.23 bits per heavy atom. The van der Waals surface area contributed by atoms with Crippen LogP contribution in [0.4, 0.5) is 5.13 Å². The van der Waals surface area contributed by atoms with Crippen molar-refractivity contribution in [3.05, 3.63) is 63.6 Å². The van der Waals surface area contributed by atoms with Crippen LogP contribution in [-0.2, 0) is 11.2 Å². The highest BCUT2D eigenvalue weighted by atomic mass is 32.1. The number of aromatic nitrogens is 3. The topological polar surface area (TPSA) is 67.8 Å². The molecule has 2 heterocycles. The van der Waals surface area contributed by atoms with Gasteiger partial charge >= 0.3 is 0 Å². The van der Waals surface area contributed by atoms with Gasteiger partial charge in [0.25, 0.3) is 0 Å². The third-order valence-electron chi connectivity index (χ3n) is 2.75. The second-order valence-corrected chi connectivity index (χ2v) is 6.18. The lowest BCUT2D eigenvalue weighted by Crippen LogP contribution is -2.07. The van der Waals surface area contributed by atoms with Gasteiger partial charge in [-0.1, -0.05) is 41.7 Å². The molecule has 0 radical (unpaired) electrons. The summed E-state index contributed by atoms with van der Waals surface area (Å²) in [4.78, 5) is 15.9. The molecule has 0 bridgehead atoms. The van der Waals surface area contributed by atoms with E-state index in [-0.39, 0.29) is 5.91 Å². The molecule has 3 rings (SSSR count). The van der Waals surface area contributed by atoms with Crippen LogP contribution in [-0.4, -0.2) is 21.1 Å². The van der Waals surface area contributed by atoms with Crippen LogP contribution in [0.15, 0.2) is 47.3 Å². The van der Waals surface area contributed by atoms with Gasteiger partial charge in [-0.3, -0.25) is 10.1 Å². The van der Waals surface area contributed by atoms with Crippen LogP contribution in [0.1, 0.15) is 16.3 Å². The molecule has 2 aromatic heterocycles. The minimum Gasteiger partial charge on any atom is -0.297 e. The molecule has 0 aliphatic heterocycles. The van der Waals surface area contributed by atoms with Crippen LogP contribution in [0.25, 0.3) is 6.08 Å². The van der Waals surface area contributed by atoms with E-state index in [0.29, 0.717) is 11.6 Å². The van der Waals surface area contributed by atoms with E-state index in [1.165, 1.54) is 34.3 Å². The lowest BCUT2D eigenvalue weighted by molar-refractivity contribution is -0.111. The van der Waals surface area contributed by atoms with Gasteiger partial charge in [-0.25, -0.2) is 4.98 Å². The molecule has 1 aromatic carbocycles. The van der Waals surface area contributed by atoms with Crippen molar-refractivity contribution in [2.75, 3.05) is 5.32 Å². The molecular formula is C15H12N4OS2. The SMILES string of the molecule is O=C(/C=C/c1cscn1)Nc1nnc(Cc2ccccc2)s1. The lowest BCUT2D eigenvalue weighted by atomic mass is 10.2. The van der Waals surface area contributed by atoms with Crippen molar-refractivity contribution in [2.45, 2.75) is 6.42 Å². The fourth-order valence-electron chi connectivity index (χ4n) is 1.76. The Bertz CT molecular complexity index is 766. The number of nitrogens with zero attached hydrogens (tertiary/aromatic N) is 3. The van der Waals surface area contributed by atoms with Crippen LogP contribution in [0.3, 0.4) is 0 Å². The third kappa shape index (κ3) is 4.06. The molecule has 1 amide bonds. The maximum Gasteiger partial charge on any atom is 0.250 e. The zero-order chi connectivity index (χ0) is 15.2. The number of hydrogen-bond donors (Lipinski definition) is 1. The van der Waals surface area contributed by atoms with Crippen molar-refractivity contribution >= 4 is 39.8 Å². The standard InChI is InChI=1S/C15H12N4OS2/c20-13(7-6-12-9-21-10-16-12)17-15-19-18-14(22-15)8-11-4-2-1-3-5-11/h1-7,9-10H,8H2,(H,17,19,20)/b7-6+. The molecule has 1 N–H and O–H groups in total. The van der Waals surface area contributed by atoms with Gasteiger partial charge in [0.05, 0.1) is 11.2 Å². The highest BCUT2D eigenvalue weighted by Crippen LogP contribution is 2.18. The lowest BCUT2D eigenvalue weighted by Gasteiger charge is -1.95. The molecule has 7 heteroatoms. The van der Waals surface area contributed by atoms with Gasteiger partial charge in [-0.15, -0.1) is 21.5 Å². The van der Waals surface area contributed by atoms with Crippen LogP contribution in [0, 0.1) is 0 Å². The number of carbonyl (C=O) groups excluding carboxylic acids is 1. The van der Waals surface area contributed by atoms with Crippen molar-refractivity contribution in [1.82, 2.24) is 15.2 Å². The van der Waals surface area contributed by atoms with Crippen molar-refractivity contribution < 1.29 is 4.79 Å². The molecule has 0 unspecified atom stereocenters. The quantitative estimate of drug-likeness (QED) is 0.730. The minimum absolute atomic E-state index is 0.240. The number of rotatable bonds is 5. The average Bonchev–Trinajstić information content (AvgIpc) is 3.18. The molecule has 5 nitrogen and oxygen atoms in total. The van der Waals surface area contributed by atoms with E-state index in [4.69, 9.17) is 0 Å². The van der Waals surface area contributed by atoms with Crippen LogP contribution in [0.5, 0.6) is 0 Å². The number of carbonyl (C=O) groups is 1. The molecule has 0 saturated heterocycles. The first-order valence-electron chi connectivity index (χ1n) is 6.53. The van der Waals surface area contributed by atoms with E-state index < -0.39 is 0 Å². The van der Waals surface area contributed by atoms with E-state index in [2.05, 4.69) is 20.5 Å². The summed E-state index contributed by atoms with van der Waals surface area (Å²) in [5.41, 5.74) is 3.65. The fraction of sp³-hybridized carbons (Fsp3) is 0.0667. The van der Waals surface area contributed by atoms with E-state index in [9.17, 15) is 4.79 Å². The summed E-state index contributed by atoms with van der Waals surface area (Å²) in [5.74, 6) is -0.240. The van der Waals surface area contributed by atoms with Gasteiger partial charge in [0.2, 0.25) is 11.0 Å². The Labute approximate surface area is 135 Å². The normalized spacial score (nSPS) is 10.9. The van der Waals surface area contributed by atoms with Crippen LogP contribution < -0.4 is 5.32 Å². The Morgan fingerprint density at radius 3 is 2.86 bits per heavy atom. The minimum atomic E-state index is -0.240. The van der Waals surface area contributed by atoms with Crippen LogP contribution in [0.2, 0.25) is 0 Å². The molecule has 0 aliphatic rings. The fourth-order valence-corrected chi connectivity index (χ4v) is 3.06. The summed E-state index contributed by atoms with van der Waals surface area (Å²) < 4.78 is 0. The van der Waals surface area contributed by atoms with E-state index in [0.717, 1.165) is 10.7 Å². The van der Waals surface area contributed by atoms with Gasteiger partial charge < -0.3 is 0 Å². The van der Waals surface area contributed by atoms with E-state index in [1.807, 2.05) is 35.7 Å². The zero-order valence-electron chi connectivity index (χ0n) is 11.5. The number of benzene rings is 1. The van der Waals surface area contributed by atoms with Gasteiger partial charge in [0.15, 0.2) is 0 Å². The Kier molecular flexibility index (Phi) is 4.67. The Morgan fingerprint density at radius 2 is 2.09 bits per heavy atom. The summed E-state index contributed by atoms with van der Waals surface area (Å²) in [6, 6.07) is 10.0. The molecule has 110 valence electrons. The van der Waals surface area contributed by atoms with Gasteiger partial charge in [0.1, 0.15) is 5.01 Å². The van der Waals surface area contributed by atoms with E-state index in [1.54, 1.807) is 11.6 Å². The van der Waals surface area contributed by atoms with Gasteiger partial charge in [-0.05, 0) is 11.6 Å². The molecule has 3 aromatic rings. The summed E-state index contributed by atoms with van der Waals surface area (Å²) >= 11 is 2.86. The second kappa shape index (κ2) is 7.06. The zero-order valence-corrected chi connectivity index (χ0v) is 13.1. The third-order valence-corrected chi connectivity index (χ3v) is 4.20. The average molecular weight is 328 g/mol. The van der Waals surface area contributed by atoms with Gasteiger partial charge in [0, 0.05) is 17.9 Å². The summed E-state index contributed by atoms with van der Waals surface area (Å²) in [7, 11) is 0. The maximum atomic E-state index is 11.8. The van der Waals surface area contributed by atoms with Gasteiger partial charge in [-0.2, -0.15) is 0 Å². The largest absolute Gasteiger partial charge is 0.297 e. The molecule has 0 aliphatic carbocycles. The first kappa shape index (κ1) is 14.6. The van der Waals surface area contributed by atoms with Crippen molar-refractivity contribution in [3.8, 4) is 0 Å². The highest BCUT2D eigenvalue weighted by molar-refractivity contribution is 7.15. The molecule has 22 heavy (non-hydrogen) atoms. The number of nitrogens with one attached hydrogen (secondary N) is 1. The Hall–Kier alpha value is -2.38. The highest BCUT2D eigenvalue weighted by Gasteiger charge is 2.07. The molecule has 0 atom stereocenters. The van der Waals surface area contributed by atoms with Crippen molar-refractivity contribution in [1.29, 1.82) is 0 Å². The molecular weight excluding hydrogens is 316 g/mol. The summed E-state index contributed by atoms with van der Waals surface area (Å²) in [5, 5.41) is 14.0. The summed E-state index contributed by atoms with van der Waals surface area (Å²) in [6.07, 6.45) is 3.81. The van der Waals surface area contributed by atoms with Crippen molar-refractivity contribution in [3.63, 3.8) is 0 Å². The number of amides is 1. The number of hydrogen-bond acceptors (Lipinski definition) is 6. The van der Waals surface area contributed by atoms with Crippen LogP contribution >= 0.6 is 22.7 Å². The Balaban J connectivity index is 1.58. The first-order valence-corrected chi connectivity index (χ1v) is 8.29. The van der Waals surface area contributed by atoms with Crippen molar-refractivity contribution in [2.24, 2.45) is 0 Å².